The Kier molecular flexibility index (Phi) is 4.24. The molecule has 6 nitrogen and oxygen atoms in total. The molecular weight excluding hydrogens is 356 g/mol. The molecule has 0 aliphatic carbocycles. The number of hydrogen-bond acceptors (Lipinski definition) is 6. The van der Waals surface area contributed by atoms with E-state index in [0.29, 0.717) is 22.8 Å². The maximum atomic E-state index is 4.47. The van der Waals surface area contributed by atoms with Gasteiger partial charge in [-0.25, -0.2) is 0 Å². The van der Waals surface area contributed by atoms with Gasteiger partial charge in [-0.05, 0) is 0 Å². The van der Waals surface area contributed by atoms with Crippen molar-refractivity contribution in [2.24, 2.45) is 0 Å². The molecule has 4 heterocycles. The van der Waals surface area contributed by atoms with Crippen LogP contribution in [0.5, 0.6) is 0 Å². The van der Waals surface area contributed by atoms with Crippen LogP contribution in [0.25, 0.3) is 34.0 Å². The summed E-state index contributed by atoms with van der Waals surface area (Å²) in [6, 6.07) is 15.0. The first-order chi connectivity index (χ1) is 12.3. The second kappa shape index (κ2) is 6.84. The molecule has 0 spiro atoms. The zero-order chi connectivity index (χ0) is 17.1. The van der Waals surface area contributed by atoms with E-state index in [1.807, 2.05) is 48.5 Å². The van der Waals surface area contributed by atoms with E-state index in [4.69, 9.17) is 0 Å². The Bertz CT molecular complexity index is 1010. The fourth-order valence-electron chi connectivity index (χ4n) is 2.48. The summed E-state index contributed by atoms with van der Waals surface area (Å²) in [6.07, 6.45) is 5.15. The molecule has 0 atom stereocenters. The first kappa shape index (κ1) is 15.5. The molecule has 4 aromatic heterocycles. The van der Waals surface area contributed by atoms with Crippen LogP contribution in [0.15, 0.2) is 67.1 Å². The van der Waals surface area contributed by atoms with E-state index in [1.165, 1.54) is 0 Å². The number of hydrogen-bond donors (Lipinski definition) is 0. The van der Waals surface area contributed by atoms with Crippen LogP contribution in [0, 0.1) is 0 Å². The molecule has 0 aliphatic rings. The summed E-state index contributed by atoms with van der Waals surface area (Å²) < 4.78 is 0.757. The van der Waals surface area contributed by atoms with Crippen molar-refractivity contribution in [3.8, 4) is 34.0 Å². The molecule has 0 amide bonds. The molecule has 121 valence electrons. The van der Waals surface area contributed by atoms with Gasteiger partial charge in [0.15, 0.2) is 0 Å². The first-order valence-electron chi connectivity index (χ1n) is 7.50. The van der Waals surface area contributed by atoms with Crippen molar-refractivity contribution >= 4 is 4.46 Å². The quantitative estimate of drug-likeness (QED) is 0.517. The van der Waals surface area contributed by atoms with Crippen LogP contribution in [0.4, 0.5) is 0 Å². The van der Waals surface area contributed by atoms with Crippen LogP contribution < -0.4 is 4.46 Å². The van der Waals surface area contributed by atoms with Gasteiger partial charge in [0, 0.05) is 0 Å². The van der Waals surface area contributed by atoms with Gasteiger partial charge in [-0.2, -0.15) is 0 Å². The Balaban J connectivity index is 2.05. The van der Waals surface area contributed by atoms with Gasteiger partial charge in [0.1, 0.15) is 0 Å². The van der Waals surface area contributed by atoms with E-state index in [2.05, 4.69) is 46.4 Å². The van der Waals surface area contributed by atoms with E-state index in [9.17, 15) is 0 Å². The first-order valence-corrected chi connectivity index (χ1v) is 8.05. The third kappa shape index (κ3) is 3.03. The van der Waals surface area contributed by atoms with Crippen molar-refractivity contribution in [2.75, 3.05) is 0 Å². The zero-order valence-corrected chi connectivity index (χ0v) is 14.0. The third-order valence-corrected chi connectivity index (χ3v) is 4.01. The second-order valence-electron chi connectivity index (χ2n) is 5.11. The number of aromatic nitrogens is 6. The minimum absolute atomic E-state index is 0.583. The molecule has 0 fully saturated rings. The van der Waals surface area contributed by atoms with Crippen LogP contribution in [0.1, 0.15) is 0 Å². The van der Waals surface area contributed by atoms with Gasteiger partial charge in [-0.3, -0.25) is 0 Å². The Hall–Kier alpha value is -3.02. The van der Waals surface area contributed by atoms with Crippen LogP contribution in [-0.2, 0) is 16.0 Å². The van der Waals surface area contributed by atoms with Crippen molar-refractivity contribution in [3.63, 3.8) is 0 Å². The maximum absolute atomic E-state index is 4.47. The Morgan fingerprint density at radius 2 is 1.28 bits per heavy atom. The minimum atomic E-state index is 0.583. The SMILES string of the molecule is [Fe][c]1cccnc1-c1nnnc(-c2ccccn2)c1-c1ccccn1. The molecule has 4 rings (SSSR count). The number of pyridine rings is 3. The monoisotopic (exact) mass is 367 g/mol. The normalized spacial score (nSPS) is 10.6. The molecule has 0 N–H and O–H groups in total. The van der Waals surface area contributed by atoms with Crippen molar-refractivity contribution in [2.45, 2.75) is 0 Å². The predicted octanol–water partition coefficient (Wildman–Crippen LogP) is 2.23. The molecule has 0 unspecified atom stereocenters. The summed E-state index contributed by atoms with van der Waals surface area (Å²) in [6.45, 7) is 0. The molecule has 0 saturated heterocycles. The summed E-state index contributed by atoms with van der Waals surface area (Å²) in [5.74, 6) is 0. The molecule has 0 radical (unpaired) electrons. The van der Waals surface area contributed by atoms with Gasteiger partial charge in [0.2, 0.25) is 0 Å². The van der Waals surface area contributed by atoms with Gasteiger partial charge in [-0.15, -0.1) is 0 Å². The average Bonchev–Trinajstić information content (AvgIpc) is 2.69. The number of nitrogens with zero attached hydrogens (tertiary/aromatic N) is 6. The van der Waals surface area contributed by atoms with E-state index >= 15 is 0 Å². The Morgan fingerprint density at radius 1 is 0.600 bits per heavy atom. The van der Waals surface area contributed by atoms with E-state index in [1.54, 1.807) is 18.6 Å². The van der Waals surface area contributed by atoms with E-state index < -0.39 is 0 Å². The van der Waals surface area contributed by atoms with Crippen LogP contribution in [0.3, 0.4) is 0 Å². The summed E-state index contributed by atoms with van der Waals surface area (Å²) >= 11 is 4.05. The standard InChI is InChI=1S/C18H11N6.Fe/c1-4-10-19-13(7-1)16-17(14-8-2-5-11-20-14)22-24-23-18(16)15-9-3-6-12-21-15;/h1-8,10-12H;. The van der Waals surface area contributed by atoms with Gasteiger partial charge in [-0.1, -0.05) is 0 Å². The fourth-order valence-corrected chi connectivity index (χ4v) is 2.79. The van der Waals surface area contributed by atoms with Crippen LogP contribution in [0.2, 0.25) is 0 Å². The van der Waals surface area contributed by atoms with Crippen molar-refractivity contribution in [3.05, 3.63) is 67.1 Å². The summed E-state index contributed by atoms with van der Waals surface area (Å²) in [4.78, 5) is 13.3. The van der Waals surface area contributed by atoms with Crippen molar-refractivity contribution < 1.29 is 16.0 Å². The third-order valence-electron chi connectivity index (χ3n) is 3.56. The summed E-state index contributed by atoms with van der Waals surface area (Å²) in [5.41, 5.74) is 3.99. The molecule has 25 heavy (non-hydrogen) atoms. The molecule has 7 heteroatoms. The Labute approximate surface area is 152 Å². The molecule has 0 bridgehead atoms. The molecule has 0 saturated carbocycles. The summed E-state index contributed by atoms with van der Waals surface area (Å²) in [5, 5.41) is 12.4. The van der Waals surface area contributed by atoms with E-state index in [-0.39, 0.29) is 0 Å². The molecular formula is C18H11FeN6. The number of rotatable bonds is 3. The summed E-state index contributed by atoms with van der Waals surface area (Å²) in [7, 11) is 0. The molecule has 0 aliphatic heterocycles. The fraction of sp³-hybridized carbons (Fsp3) is 0. The molecule has 0 aromatic carbocycles. The predicted molar refractivity (Wildman–Crippen MR) is 89.2 cm³/mol. The average molecular weight is 367 g/mol. The van der Waals surface area contributed by atoms with Gasteiger partial charge >= 0.3 is 152 Å². The van der Waals surface area contributed by atoms with Crippen molar-refractivity contribution in [1.29, 1.82) is 0 Å². The topological polar surface area (TPSA) is 77.3 Å². The van der Waals surface area contributed by atoms with Crippen LogP contribution >= 0.6 is 0 Å². The van der Waals surface area contributed by atoms with Crippen LogP contribution in [-0.4, -0.2) is 30.4 Å². The van der Waals surface area contributed by atoms with Gasteiger partial charge in [0.25, 0.3) is 0 Å². The van der Waals surface area contributed by atoms with E-state index in [0.717, 1.165) is 15.7 Å². The molecule has 4 aromatic rings. The van der Waals surface area contributed by atoms with Gasteiger partial charge in [0.05, 0.1) is 0 Å². The van der Waals surface area contributed by atoms with Gasteiger partial charge < -0.3 is 0 Å². The second-order valence-corrected chi connectivity index (χ2v) is 5.71. The Morgan fingerprint density at radius 3 is 1.96 bits per heavy atom. The zero-order valence-electron chi connectivity index (χ0n) is 12.9. The van der Waals surface area contributed by atoms with Crippen molar-refractivity contribution in [1.82, 2.24) is 30.4 Å².